The lowest BCUT2D eigenvalue weighted by Gasteiger charge is -2.58. The number of aliphatic hydroxyl groups excluding tert-OH is 2. The van der Waals surface area contributed by atoms with Gasteiger partial charge in [0.25, 0.3) is 11.8 Å². The fourth-order valence-corrected chi connectivity index (χ4v) is 9.41. The Morgan fingerprint density at radius 1 is 1.21 bits per heavy atom. The molecule has 6 fully saturated rings. The van der Waals surface area contributed by atoms with E-state index in [4.69, 9.17) is 4.74 Å². The van der Waals surface area contributed by atoms with E-state index in [1.54, 1.807) is 20.8 Å². The molecule has 3 N–H and O–H groups in total. The number of nitrogens with zero attached hydrogens (tertiary/aromatic N) is 2. The molecule has 0 aromatic rings. The Kier molecular flexibility index (Phi) is 3.67. The van der Waals surface area contributed by atoms with E-state index in [0.717, 1.165) is 21.6 Å². The molecule has 7 atom stereocenters. The smallest absolute Gasteiger partial charge is 0.264 e. The van der Waals surface area contributed by atoms with Gasteiger partial charge >= 0.3 is 0 Å². The summed E-state index contributed by atoms with van der Waals surface area (Å²) >= 11 is 0. The molecule has 6 rings (SSSR count). The van der Waals surface area contributed by atoms with E-state index in [1.807, 2.05) is 0 Å². The summed E-state index contributed by atoms with van der Waals surface area (Å²) < 4.78 is 5.99. The molecule has 160 valence electrons. The van der Waals surface area contributed by atoms with Crippen LogP contribution in [0.3, 0.4) is 0 Å². The Balaban J connectivity index is 1.63. The number of fused-ring (bicyclic) bond motifs is 3. The SMILES string of the molecule is C[C@@H]1O[C@]2(C[C@@H]3N4C(=O)[C@]5(CO)SS[C@@]4(C[C@]3(O)[C@@H]2O)C(=O)N5C)C(=O)C1(C)C. The van der Waals surface area contributed by atoms with E-state index in [0.29, 0.717) is 0 Å². The number of rotatable bonds is 1. The van der Waals surface area contributed by atoms with Crippen LogP contribution in [0.25, 0.3) is 0 Å². The van der Waals surface area contributed by atoms with Gasteiger partial charge in [0.2, 0.25) is 4.87 Å². The molecule has 5 aliphatic heterocycles. The summed E-state index contributed by atoms with van der Waals surface area (Å²) in [7, 11) is 3.70. The maximum atomic E-state index is 13.5. The van der Waals surface area contributed by atoms with Crippen LogP contribution in [0.15, 0.2) is 0 Å². The first kappa shape index (κ1) is 20.1. The van der Waals surface area contributed by atoms with Crippen molar-refractivity contribution < 1.29 is 34.4 Å². The zero-order valence-electron chi connectivity index (χ0n) is 16.5. The van der Waals surface area contributed by atoms with Crippen LogP contribution >= 0.6 is 21.6 Å². The van der Waals surface area contributed by atoms with Crippen LogP contribution in [-0.2, 0) is 19.1 Å². The Morgan fingerprint density at radius 2 is 1.86 bits per heavy atom. The van der Waals surface area contributed by atoms with E-state index in [2.05, 4.69) is 0 Å². The molecule has 0 aromatic heterocycles. The van der Waals surface area contributed by atoms with Crippen LogP contribution in [0.2, 0.25) is 0 Å². The predicted octanol–water partition coefficient (Wildman–Crippen LogP) is -0.912. The van der Waals surface area contributed by atoms with E-state index in [9.17, 15) is 29.7 Å². The quantitative estimate of drug-likeness (QED) is 0.440. The zero-order chi connectivity index (χ0) is 21.4. The maximum absolute atomic E-state index is 13.5. The first-order valence-electron chi connectivity index (χ1n) is 9.58. The molecular formula is C18H24N2O7S2. The minimum Gasteiger partial charge on any atom is -0.392 e. The summed E-state index contributed by atoms with van der Waals surface area (Å²) in [4.78, 5) is 39.6. The van der Waals surface area contributed by atoms with Gasteiger partial charge in [-0.3, -0.25) is 14.4 Å². The van der Waals surface area contributed by atoms with Gasteiger partial charge in [0.1, 0.15) is 11.7 Å². The van der Waals surface area contributed by atoms with Gasteiger partial charge in [0.15, 0.2) is 16.3 Å². The number of aliphatic hydroxyl groups is 3. The molecule has 11 heteroatoms. The lowest BCUT2D eigenvalue weighted by molar-refractivity contribution is -0.169. The second-order valence-electron chi connectivity index (χ2n) is 9.42. The van der Waals surface area contributed by atoms with Crippen molar-refractivity contribution in [1.29, 1.82) is 0 Å². The Morgan fingerprint density at radius 3 is 2.41 bits per heavy atom. The zero-order valence-corrected chi connectivity index (χ0v) is 18.2. The van der Waals surface area contributed by atoms with Crippen molar-refractivity contribution in [1.82, 2.24) is 9.80 Å². The van der Waals surface area contributed by atoms with Crippen molar-refractivity contribution >= 4 is 39.2 Å². The van der Waals surface area contributed by atoms with Crippen molar-refractivity contribution in [2.75, 3.05) is 13.7 Å². The predicted molar refractivity (Wildman–Crippen MR) is 103 cm³/mol. The largest absolute Gasteiger partial charge is 0.392 e. The number of ether oxygens (including phenoxy) is 1. The molecule has 1 saturated carbocycles. The van der Waals surface area contributed by atoms with Crippen LogP contribution < -0.4 is 0 Å². The van der Waals surface area contributed by atoms with Gasteiger partial charge in [-0.2, -0.15) is 0 Å². The molecule has 2 bridgehead atoms. The first-order chi connectivity index (χ1) is 13.3. The third-order valence-corrected chi connectivity index (χ3v) is 11.5. The molecule has 2 amide bonds. The van der Waals surface area contributed by atoms with E-state index in [1.165, 1.54) is 16.8 Å². The van der Waals surface area contributed by atoms with Gasteiger partial charge in [-0.15, -0.1) is 0 Å². The maximum Gasteiger partial charge on any atom is 0.264 e. The molecule has 0 aromatic carbocycles. The Bertz CT molecular complexity index is 869. The number of piperazine rings is 1. The Labute approximate surface area is 175 Å². The van der Waals surface area contributed by atoms with Crippen LogP contribution in [-0.4, -0.2) is 95.6 Å². The highest BCUT2D eigenvalue weighted by molar-refractivity contribution is 8.78. The van der Waals surface area contributed by atoms with Gasteiger partial charge < -0.3 is 29.9 Å². The normalized spacial score (nSPS) is 52.7. The van der Waals surface area contributed by atoms with Crippen molar-refractivity contribution in [3.8, 4) is 0 Å². The van der Waals surface area contributed by atoms with E-state index < -0.39 is 63.0 Å². The second kappa shape index (κ2) is 5.31. The highest BCUT2D eigenvalue weighted by Gasteiger charge is 2.83. The summed E-state index contributed by atoms with van der Waals surface area (Å²) in [6, 6.07) is -0.966. The molecule has 2 spiro atoms. The highest BCUT2D eigenvalue weighted by atomic mass is 33.1. The third-order valence-electron chi connectivity index (χ3n) is 7.85. The highest BCUT2D eigenvalue weighted by Crippen LogP contribution is 2.68. The summed E-state index contributed by atoms with van der Waals surface area (Å²) in [5.41, 5.74) is -4.35. The van der Waals surface area contributed by atoms with Gasteiger partial charge in [-0.1, -0.05) is 24.6 Å². The number of likely N-dealkylation sites (N-methyl/N-ethyl adjacent to an activating group) is 1. The van der Waals surface area contributed by atoms with E-state index in [-0.39, 0.29) is 18.6 Å². The number of carbonyl (C=O) groups is 3. The number of hydrogen-bond donors (Lipinski definition) is 3. The minimum absolute atomic E-state index is 0.0888. The molecule has 6 aliphatic rings. The van der Waals surface area contributed by atoms with Gasteiger partial charge in [-0.05, 0) is 17.7 Å². The average Bonchev–Trinajstić information content (AvgIpc) is 3.12. The lowest BCUT2D eigenvalue weighted by Crippen LogP contribution is -2.77. The number of Topliss-reactive ketones (excluding diaryl/α,β-unsaturated/α-hetero) is 1. The summed E-state index contributed by atoms with van der Waals surface area (Å²) in [6.45, 7) is 4.65. The molecular weight excluding hydrogens is 420 g/mol. The Hall–Kier alpha value is -0.850. The van der Waals surface area contributed by atoms with Crippen LogP contribution in [0, 0.1) is 5.41 Å². The minimum atomic E-state index is -1.87. The summed E-state index contributed by atoms with van der Waals surface area (Å²) in [6.07, 6.45) is -2.34. The number of carbonyl (C=O) groups excluding carboxylic acids is 3. The molecule has 5 heterocycles. The standard InChI is InChI=1S/C18H24N2O7S2/c1-8-14(2,3)10(22)16(27-8)5-9-15(26,11(16)23)6-17-12(24)19(4)18(7-21,29-28-17)13(25)20(9)17/h8-9,11,21,23,26H,5-7H2,1-4H3/t8-,9-,11-,15+,16+,17-,18-/m0/s1. The van der Waals surface area contributed by atoms with Crippen LogP contribution in [0.4, 0.5) is 0 Å². The van der Waals surface area contributed by atoms with Crippen molar-refractivity contribution in [2.24, 2.45) is 5.41 Å². The number of hydrogen-bond acceptors (Lipinski definition) is 9. The molecule has 29 heavy (non-hydrogen) atoms. The number of ketones is 1. The topological polar surface area (TPSA) is 128 Å². The molecule has 9 nitrogen and oxygen atoms in total. The van der Waals surface area contributed by atoms with Gasteiger partial charge in [0.05, 0.1) is 24.2 Å². The first-order valence-corrected chi connectivity index (χ1v) is 11.7. The van der Waals surface area contributed by atoms with Crippen molar-refractivity contribution in [3.63, 3.8) is 0 Å². The second-order valence-corrected chi connectivity index (χ2v) is 12.1. The average molecular weight is 445 g/mol. The lowest BCUT2D eigenvalue weighted by atomic mass is 9.76. The fourth-order valence-electron chi connectivity index (χ4n) is 5.76. The third kappa shape index (κ3) is 1.82. The van der Waals surface area contributed by atoms with E-state index >= 15 is 0 Å². The van der Waals surface area contributed by atoms with Gasteiger partial charge in [-0.25, -0.2) is 0 Å². The summed E-state index contributed by atoms with van der Waals surface area (Å²) in [5, 5.41) is 32.8. The monoisotopic (exact) mass is 444 g/mol. The number of amides is 2. The molecule has 5 saturated heterocycles. The summed E-state index contributed by atoms with van der Waals surface area (Å²) in [5.74, 6) is -1.20. The van der Waals surface area contributed by atoms with Gasteiger partial charge in [0, 0.05) is 19.9 Å². The van der Waals surface area contributed by atoms with Crippen LogP contribution in [0.5, 0.6) is 0 Å². The fraction of sp³-hybridized carbons (Fsp3) is 0.833. The molecule has 1 aliphatic carbocycles. The van der Waals surface area contributed by atoms with Crippen molar-refractivity contribution in [2.45, 2.75) is 72.8 Å². The van der Waals surface area contributed by atoms with Crippen LogP contribution in [0.1, 0.15) is 33.6 Å². The molecule has 0 unspecified atom stereocenters. The van der Waals surface area contributed by atoms with Crippen molar-refractivity contribution in [3.05, 3.63) is 0 Å². The molecule has 0 radical (unpaired) electrons.